The van der Waals surface area contributed by atoms with Crippen LogP contribution >= 0.6 is 0 Å². The van der Waals surface area contributed by atoms with Gasteiger partial charge in [0.05, 0.1) is 6.42 Å². The Morgan fingerprint density at radius 1 is 1.22 bits per heavy atom. The number of aliphatic carboxylic acids is 1. The van der Waals surface area contributed by atoms with Crippen LogP contribution in [0.25, 0.3) is 0 Å². The number of nitrogens with one attached hydrogen (secondary N) is 2. The molecular formula is C13H18N2O3. The molecular weight excluding hydrogens is 232 g/mol. The summed E-state index contributed by atoms with van der Waals surface area (Å²) in [6.07, 6.45) is -0.0724. The standard InChI is InChI=1S/C13H18N2O3/c1-9-3-4-11(10(2)7-9)8-15-13(18)14-6-5-12(16)17/h3-4,7H,5-6,8H2,1-2H3,(H,16,17)(H2,14,15,18). The normalized spacial score (nSPS) is 9.89. The van der Waals surface area contributed by atoms with Gasteiger partial charge >= 0.3 is 12.0 Å². The number of carboxylic acids is 1. The first kappa shape index (κ1) is 14.0. The fourth-order valence-electron chi connectivity index (χ4n) is 1.57. The molecule has 5 nitrogen and oxygen atoms in total. The average Bonchev–Trinajstić information content (AvgIpc) is 2.27. The first-order valence-electron chi connectivity index (χ1n) is 5.78. The number of carbonyl (C=O) groups excluding carboxylic acids is 1. The second-order valence-corrected chi connectivity index (χ2v) is 4.18. The van der Waals surface area contributed by atoms with E-state index in [2.05, 4.69) is 16.7 Å². The molecule has 0 atom stereocenters. The average molecular weight is 250 g/mol. The van der Waals surface area contributed by atoms with Gasteiger partial charge in [-0.05, 0) is 25.0 Å². The highest BCUT2D eigenvalue weighted by molar-refractivity contribution is 5.75. The molecule has 0 aliphatic heterocycles. The summed E-state index contributed by atoms with van der Waals surface area (Å²) in [5, 5.41) is 13.6. The Labute approximate surface area is 106 Å². The first-order valence-corrected chi connectivity index (χ1v) is 5.78. The SMILES string of the molecule is Cc1ccc(CNC(=O)NCCC(=O)O)c(C)c1. The Kier molecular flexibility index (Phi) is 5.17. The highest BCUT2D eigenvalue weighted by Gasteiger charge is 2.03. The Hall–Kier alpha value is -2.04. The molecule has 0 unspecified atom stereocenters. The van der Waals surface area contributed by atoms with Crippen LogP contribution in [-0.2, 0) is 11.3 Å². The van der Waals surface area contributed by atoms with Crippen LogP contribution in [0, 0.1) is 13.8 Å². The summed E-state index contributed by atoms with van der Waals surface area (Å²) < 4.78 is 0. The number of aryl methyl sites for hydroxylation is 2. The van der Waals surface area contributed by atoms with Crippen molar-refractivity contribution in [2.24, 2.45) is 0 Å². The molecule has 0 saturated heterocycles. The number of carbonyl (C=O) groups is 2. The summed E-state index contributed by atoms with van der Waals surface area (Å²) in [5.41, 5.74) is 3.36. The summed E-state index contributed by atoms with van der Waals surface area (Å²) in [6, 6.07) is 5.67. The zero-order valence-corrected chi connectivity index (χ0v) is 10.6. The molecule has 98 valence electrons. The van der Waals surface area contributed by atoms with Gasteiger partial charge in [0, 0.05) is 13.1 Å². The van der Waals surface area contributed by atoms with Crippen LogP contribution in [-0.4, -0.2) is 23.7 Å². The molecule has 1 aromatic rings. The predicted molar refractivity (Wildman–Crippen MR) is 68.4 cm³/mol. The van der Waals surface area contributed by atoms with Crippen molar-refractivity contribution in [1.29, 1.82) is 0 Å². The van der Waals surface area contributed by atoms with Crippen molar-refractivity contribution in [3.8, 4) is 0 Å². The van der Waals surface area contributed by atoms with E-state index in [-0.39, 0.29) is 19.0 Å². The van der Waals surface area contributed by atoms with Crippen LogP contribution in [0.2, 0.25) is 0 Å². The van der Waals surface area contributed by atoms with E-state index in [0.717, 1.165) is 11.1 Å². The highest BCUT2D eigenvalue weighted by Crippen LogP contribution is 2.09. The van der Waals surface area contributed by atoms with Gasteiger partial charge in [0.25, 0.3) is 0 Å². The number of rotatable bonds is 5. The van der Waals surface area contributed by atoms with Crippen molar-refractivity contribution in [2.45, 2.75) is 26.8 Å². The topological polar surface area (TPSA) is 78.4 Å². The molecule has 0 fully saturated rings. The van der Waals surface area contributed by atoms with Crippen molar-refractivity contribution in [3.63, 3.8) is 0 Å². The quantitative estimate of drug-likeness (QED) is 0.742. The number of hydrogen-bond acceptors (Lipinski definition) is 2. The van der Waals surface area contributed by atoms with E-state index in [9.17, 15) is 9.59 Å². The van der Waals surface area contributed by atoms with Gasteiger partial charge in [-0.15, -0.1) is 0 Å². The van der Waals surface area contributed by atoms with Gasteiger partial charge in [-0.25, -0.2) is 4.79 Å². The number of carboxylic acid groups (broad SMARTS) is 1. The van der Waals surface area contributed by atoms with Crippen LogP contribution < -0.4 is 10.6 Å². The fraction of sp³-hybridized carbons (Fsp3) is 0.385. The van der Waals surface area contributed by atoms with Gasteiger partial charge < -0.3 is 15.7 Å². The molecule has 5 heteroatoms. The summed E-state index contributed by atoms with van der Waals surface area (Å²) in [6.45, 7) is 4.58. The van der Waals surface area contributed by atoms with E-state index >= 15 is 0 Å². The molecule has 1 rings (SSSR count). The van der Waals surface area contributed by atoms with E-state index in [1.165, 1.54) is 5.56 Å². The maximum atomic E-state index is 11.4. The molecule has 0 radical (unpaired) electrons. The van der Waals surface area contributed by atoms with Gasteiger partial charge in [-0.1, -0.05) is 23.8 Å². The van der Waals surface area contributed by atoms with E-state index in [0.29, 0.717) is 6.54 Å². The summed E-state index contributed by atoms with van der Waals surface area (Å²) >= 11 is 0. The van der Waals surface area contributed by atoms with Crippen molar-refractivity contribution in [2.75, 3.05) is 6.54 Å². The smallest absolute Gasteiger partial charge is 0.315 e. The molecule has 0 aliphatic carbocycles. The summed E-state index contributed by atoms with van der Waals surface area (Å²) in [4.78, 5) is 21.6. The Morgan fingerprint density at radius 3 is 2.56 bits per heavy atom. The van der Waals surface area contributed by atoms with Crippen LogP contribution in [0.15, 0.2) is 18.2 Å². The molecule has 0 bridgehead atoms. The zero-order valence-electron chi connectivity index (χ0n) is 10.6. The van der Waals surface area contributed by atoms with Gasteiger partial charge in [0.15, 0.2) is 0 Å². The Morgan fingerprint density at radius 2 is 1.94 bits per heavy atom. The van der Waals surface area contributed by atoms with Crippen molar-refractivity contribution < 1.29 is 14.7 Å². The largest absolute Gasteiger partial charge is 0.481 e. The number of amides is 2. The predicted octanol–water partition coefficient (Wildman–Crippen LogP) is 1.58. The molecule has 0 aliphatic rings. The second-order valence-electron chi connectivity index (χ2n) is 4.18. The van der Waals surface area contributed by atoms with Gasteiger partial charge in [0.1, 0.15) is 0 Å². The third-order valence-electron chi connectivity index (χ3n) is 2.56. The number of urea groups is 1. The van der Waals surface area contributed by atoms with E-state index in [4.69, 9.17) is 5.11 Å². The molecule has 0 spiro atoms. The van der Waals surface area contributed by atoms with Gasteiger partial charge in [-0.3, -0.25) is 4.79 Å². The molecule has 1 aromatic carbocycles. The zero-order chi connectivity index (χ0) is 13.5. The lowest BCUT2D eigenvalue weighted by Gasteiger charge is -2.09. The lowest BCUT2D eigenvalue weighted by atomic mass is 10.1. The first-order chi connectivity index (χ1) is 8.49. The van der Waals surface area contributed by atoms with E-state index in [1.807, 2.05) is 26.0 Å². The van der Waals surface area contributed by atoms with Crippen molar-refractivity contribution in [3.05, 3.63) is 34.9 Å². The van der Waals surface area contributed by atoms with E-state index in [1.54, 1.807) is 0 Å². The molecule has 18 heavy (non-hydrogen) atoms. The maximum Gasteiger partial charge on any atom is 0.315 e. The third-order valence-corrected chi connectivity index (χ3v) is 2.56. The molecule has 0 saturated carbocycles. The van der Waals surface area contributed by atoms with Crippen LogP contribution in [0.3, 0.4) is 0 Å². The lowest BCUT2D eigenvalue weighted by Crippen LogP contribution is -2.36. The molecule has 0 aromatic heterocycles. The maximum absolute atomic E-state index is 11.4. The van der Waals surface area contributed by atoms with E-state index < -0.39 is 5.97 Å². The summed E-state index contributed by atoms with van der Waals surface area (Å²) in [5.74, 6) is -0.926. The van der Waals surface area contributed by atoms with Gasteiger partial charge in [0.2, 0.25) is 0 Å². The Bertz CT molecular complexity index is 444. The lowest BCUT2D eigenvalue weighted by molar-refractivity contribution is -0.136. The monoisotopic (exact) mass is 250 g/mol. The molecule has 2 amide bonds. The Balaban J connectivity index is 2.36. The second kappa shape index (κ2) is 6.64. The molecule has 3 N–H and O–H groups in total. The number of benzene rings is 1. The van der Waals surface area contributed by atoms with Gasteiger partial charge in [-0.2, -0.15) is 0 Å². The number of hydrogen-bond donors (Lipinski definition) is 3. The van der Waals surface area contributed by atoms with Crippen molar-refractivity contribution >= 4 is 12.0 Å². The summed E-state index contributed by atoms with van der Waals surface area (Å²) in [7, 11) is 0. The van der Waals surface area contributed by atoms with Crippen LogP contribution in [0.4, 0.5) is 4.79 Å². The molecule has 0 heterocycles. The van der Waals surface area contributed by atoms with Crippen LogP contribution in [0.5, 0.6) is 0 Å². The van der Waals surface area contributed by atoms with Crippen molar-refractivity contribution in [1.82, 2.24) is 10.6 Å². The third kappa shape index (κ3) is 4.86. The minimum Gasteiger partial charge on any atom is -0.481 e. The fourth-order valence-corrected chi connectivity index (χ4v) is 1.57. The van der Waals surface area contributed by atoms with Crippen LogP contribution in [0.1, 0.15) is 23.1 Å². The minimum absolute atomic E-state index is 0.0724. The minimum atomic E-state index is -0.926. The highest BCUT2D eigenvalue weighted by atomic mass is 16.4.